The predicted octanol–water partition coefficient (Wildman–Crippen LogP) is 1.37. The number of nitrogens with one attached hydrogen (secondary N) is 1. The second kappa shape index (κ2) is 8.49. The summed E-state index contributed by atoms with van der Waals surface area (Å²) in [6, 6.07) is 7.73. The molecular formula is C13H20N2O3. The van der Waals surface area contributed by atoms with Crippen molar-refractivity contribution in [3.63, 3.8) is 0 Å². The van der Waals surface area contributed by atoms with Gasteiger partial charge in [0.15, 0.2) is 0 Å². The van der Waals surface area contributed by atoms with Crippen molar-refractivity contribution in [2.45, 2.75) is 26.3 Å². The minimum atomic E-state index is -0.498. The lowest BCUT2D eigenvalue weighted by molar-refractivity contribution is -0.125. The maximum atomic E-state index is 10.4. The Morgan fingerprint density at radius 3 is 2.67 bits per heavy atom. The summed E-state index contributed by atoms with van der Waals surface area (Å²) in [5.41, 5.74) is 8.64. The molecule has 0 bridgehead atoms. The summed E-state index contributed by atoms with van der Waals surface area (Å²) in [4.78, 5) is 15.3. The smallest absolute Gasteiger partial charge is 0.245 e. The topological polar surface area (TPSA) is 73.6 Å². The first-order valence-electron chi connectivity index (χ1n) is 6.07. The molecule has 5 nitrogen and oxygen atoms in total. The van der Waals surface area contributed by atoms with E-state index in [0.717, 1.165) is 30.8 Å². The summed E-state index contributed by atoms with van der Waals surface area (Å²) in [5.74, 6) is 0.368. The third-order valence-electron chi connectivity index (χ3n) is 2.28. The van der Waals surface area contributed by atoms with Gasteiger partial charge in [-0.25, -0.2) is 0 Å². The van der Waals surface area contributed by atoms with Crippen molar-refractivity contribution < 1.29 is 14.4 Å². The molecule has 1 rings (SSSR count). The van der Waals surface area contributed by atoms with Crippen molar-refractivity contribution in [1.82, 2.24) is 5.48 Å². The van der Waals surface area contributed by atoms with Crippen LogP contribution >= 0.6 is 0 Å². The number of carbonyl (C=O) groups excluding carboxylic acids is 1. The van der Waals surface area contributed by atoms with Gasteiger partial charge in [0.05, 0.1) is 6.61 Å². The number of amides is 1. The summed E-state index contributed by atoms with van der Waals surface area (Å²) < 4.78 is 5.55. The first-order chi connectivity index (χ1) is 8.72. The van der Waals surface area contributed by atoms with Crippen LogP contribution < -0.4 is 16.0 Å². The van der Waals surface area contributed by atoms with E-state index < -0.39 is 5.91 Å². The van der Waals surface area contributed by atoms with Crippen molar-refractivity contribution in [2.75, 3.05) is 13.2 Å². The minimum absolute atomic E-state index is 0.127. The van der Waals surface area contributed by atoms with Crippen LogP contribution in [0.15, 0.2) is 24.3 Å². The SMILES string of the molecule is CCCCOc1ccc(CNOCC(N)=O)cc1. The van der Waals surface area contributed by atoms with Crippen LogP contribution in [0.4, 0.5) is 0 Å². The zero-order chi connectivity index (χ0) is 13.2. The third kappa shape index (κ3) is 6.22. The van der Waals surface area contributed by atoms with E-state index in [1.165, 1.54) is 0 Å². The maximum Gasteiger partial charge on any atom is 0.245 e. The normalized spacial score (nSPS) is 10.3. The Balaban J connectivity index is 2.25. The van der Waals surface area contributed by atoms with Gasteiger partial charge in [0.25, 0.3) is 0 Å². The van der Waals surface area contributed by atoms with E-state index in [1.54, 1.807) is 0 Å². The standard InChI is InChI=1S/C13H20N2O3/c1-2-3-8-17-12-6-4-11(5-7-12)9-15-18-10-13(14)16/h4-7,15H,2-3,8-10H2,1H3,(H2,14,16). The van der Waals surface area contributed by atoms with E-state index in [0.29, 0.717) is 6.54 Å². The summed E-state index contributed by atoms with van der Waals surface area (Å²) in [6.07, 6.45) is 2.18. The van der Waals surface area contributed by atoms with Crippen molar-refractivity contribution >= 4 is 5.91 Å². The lowest BCUT2D eigenvalue weighted by Crippen LogP contribution is -2.24. The molecule has 0 fully saturated rings. The van der Waals surface area contributed by atoms with Gasteiger partial charge in [-0.05, 0) is 24.1 Å². The molecule has 1 aromatic rings. The quantitative estimate of drug-likeness (QED) is 0.514. The van der Waals surface area contributed by atoms with Gasteiger partial charge in [0.1, 0.15) is 12.4 Å². The molecule has 0 saturated carbocycles. The first kappa shape index (κ1) is 14.5. The molecule has 100 valence electrons. The molecule has 5 heteroatoms. The molecular weight excluding hydrogens is 232 g/mol. The van der Waals surface area contributed by atoms with Crippen LogP contribution in [0.1, 0.15) is 25.3 Å². The molecule has 0 unspecified atom stereocenters. The second-order valence-electron chi connectivity index (χ2n) is 3.92. The Labute approximate surface area is 107 Å². The number of hydrogen-bond donors (Lipinski definition) is 2. The molecule has 0 saturated heterocycles. The average Bonchev–Trinajstić information content (AvgIpc) is 2.36. The molecule has 0 aliphatic heterocycles. The van der Waals surface area contributed by atoms with Crippen LogP contribution in [0, 0.1) is 0 Å². The molecule has 0 aliphatic rings. The highest BCUT2D eigenvalue weighted by molar-refractivity contribution is 5.74. The van der Waals surface area contributed by atoms with Gasteiger partial charge in [0, 0.05) is 6.54 Å². The highest BCUT2D eigenvalue weighted by Gasteiger charge is 1.97. The number of hydrogen-bond acceptors (Lipinski definition) is 4. The molecule has 18 heavy (non-hydrogen) atoms. The molecule has 3 N–H and O–H groups in total. The number of benzene rings is 1. The number of carbonyl (C=O) groups is 1. The highest BCUT2D eigenvalue weighted by atomic mass is 16.6. The molecule has 0 atom stereocenters. The zero-order valence-corrected chi connectivity index (χ0v) is 10.6. The lowest BCUT2D eigenvalue weighted by Gasteiger charge is -2.07. The van der Waals surface area contributed by atoms with Gasteiger partial charge in [-0.2, -0.15) is 5.48 Å². The number of primary amides is 1. The van der Waals surface area contributed by atoms with Crippen LogP contribution in [-0.2, 0) is 16.2 Å². The fraction of sp³-hybridized carbons (Fsp3) is 0.462. The van der Waals surface area contributed by atoms with E-state index in [4.69, 9.17) is 15.3 Å². The Kier molecular flexibility index (Phi) is 6.83. The van der Waals surface area contributed by atoms with Crippen molar-refractivity contribution in [1.29, 1.82) is 0 Å². The van der Waals surface area contributed by atoms with Crippen molar-refractivity contribution in [2.24, 2.45) is 5.73 Å². The number of nitrogens with two attached hydrogens (primary N) is 1. The van der Waals surface area contributed by atoms with E-state index in [9.17, 15) is 4.79 Å². The summed E-state index contributed by atoms with van der Waals surface area (Å²) in [7, 11) is 0. The zero-order valence-electron chi connectivity index (χ0n) is 10.6. The van der Waals surface area contributed by atoms with Gasteiger partial charge in [-0.1, -0.05) is 25.5 Å². The fourth-order valence-electron chi connectivity index (χ4n) is 1.29. The Morgan fingerprint density at radius 2 is 2.06 bits per heavy atom. The Hall–Kier alpha value is -1.59. The van der Waals surface area contributed by atoms with Crippen LogP contribution in [0.3, 0.4) is 0 Å². The monoisotopic (exact) mass is 252 g/mol. The predicted molar refractivity (Wildman–Crippen MR) is 68.8 cm³/mol. The number of ether oxygens (including phenoxy) is 1. The average molecular weight is 252 g/mol. The molecule has 0 spiro atoms. The Bertz CT molecular complexity index is 352. The van der Waals surface area contributed by atoms with Crippen LogP contribution in [0.2, 0.25) is 0 Å². The van der Waals surface area contributed by atoms with Gasteiger partial charge in [-0.15, -0.1) is 0 Å². The summed E-state index contributed by atoms with van der Waals surface area (Å²) in [5, 5.41) is 0. The molecule has 0 aromatic heterocycles. The van der Waals surface area contributed by atoms with Gasteiger partial charge >= 0.3 is 0 Å². The van der Waals surface area contributed by atoms with E-state index in [-0.39, 0.29) is 6.61 Å². The van der Waals surface area contributed by atoms with Crippen LogP contribution in [0.25, 0.3) is 0 Å². The number of unbranched alkanes of at least 4 members (excludes halogenated alkanes) is 1. The third-order valence-corrected chi connectivity index (χ3v) is 2.28. The molecule has 0 aliphatic carbocycles. The number of rotatable bonds is 9. The number of hydroxylamine groups is 1. The van der Waals surface area contributed by atoms with Gasteiger partial charge in [0.2, 0.25) is 5.91 Å². The fourth-order valence-corrected chi connectivity index (χ4v) is 1.29. The highest BCUT2D eigenvalue weighted by Crippen LogP contribution is 2.12. The van der Waals surface area contributed by atoms with Gasteiger partial charge in [-0.3, -0.25) is 9.63 Å². The summed E-state index contributed by atoms with van der Waals surface area (Å²) in [6.45, 7) is 3.26. The molecule has 1 aromatic carbocycles. The van der Waals surface area contributed by atoms with Crippen LogP contribution in [-0.4, -0.2) is 19.1 Å². The second-order valence-corrected chi connectivity index (χ2v) is 3.92. The lowest BCUT2D eigenvalue weighted by atomic mass is 10.2. The van der Waals surface area contributed by atoms with Crippen molar-refractivity contribution in [3.8, 4) is 5.75 Å². The first-order valence-corrected chi connectivity index (χ1v) is 6.07. The van der Waals surface area contributed by atoms with E-state index in [1.807, 2.05) is 24.3 Å². The van der Waals surface area contributed by atoms with Crippen LogP contribution in [0.5, 0.6) is 5.75 Å². The summed E-state index contributed by atoms with van der Waals surface area (Å²) >= 11 is 0. The van der Waals surface area contributed by atoms with E-state index >= 15 is 0 Å². The maximum absolute atomic E-state index is 10.4. The van der Waals surface area contributed by atoms with Gasteiger partial charge < -0.3 is 10.5 Å². The molecule has 0 radical (unpaired) electrons. The minimum Gasteiger partial charge on any atom is -0.494 e. The van der Waals surface area contributed by atoms with Crippen molar-refractivity contribution in [3.05, 3.63) is 29.8 Å². The molecule has 0 heterocycles. The van der Waals surface area contributed by atoms with E-state index in [2.05, 4.69) is 12.4 Å². The Morgan fingerprint density at radius 1 is 1.33 bits per heavy atom. The molecule has 1 amide bonds. The largest absolute Gasteiger partial charge is 0.494 e.